The lowest BCUT2D eigenvalue weighted by atomic mass is 10.0. The molecule has 0 spiro atoms. The maximum atomic E-state index is 13.1. The van der Waals surface area contributed by atoms with E-state index in [0.29, 0.717) is 5.69 Å². The number of benzene rings is 1. The second kappa shape index (κ2) is 8.16. The number of amides is 1. The summed E-state index contributed by atoms with van der Waals surface area (Å²) < 4.78 is 16.7. The van der Waals surface area contributed by atoms with E-state index >= 15 is 0 Å². The van der Waals surface area contributed by atoms with Gasteiger partial charge in [0, 0.05) is 51.5 Å². The van der Waals surface area contributed by atoms with Crippen molar-refractivity contribution in [3.05, 3.63) is 59.8 Å². The third-order valence-corrected chi connectivity index (χ3v) is 5.37. The molecule has 3 aromatic rings. The van der Waals surface area contributed by atoms with Gasteiger partial charge in [0.05, 0.1) is 11.4 Å². The smallest absolute Gasteiger partial charge is 0.271 e. The highest BCUT2D eigenvalue weighted by atomic mass is 19.1. The molecule has 7 nitrogen and oxygen atoms in total. The molecule has 1 aliphatic heterocycles. The highest BCUT2D eigenvalue weighted by molar-refractivity contribution is 5.92. The van der Waals surface area contributed by atoms with Crippen molar-refractivity contribution in [2.75, 3.05) is 13.1 Å². The van der Waals surface area contributed by atoms with Gasteiger partial charge in [0.2, 0.25) is 0 Å². The van der Waals surface area contributed by atoms with Crippen molar-refractivity contribution in [2.45, 2.75) is 25.4 Å². The Bertz CT molecular complexity index is 985. The molecule has 1 amide bonds. The molecule has 8 heteroatoms. The van der Waals surface area contributed by atoms with Gasteiger partial charge in [-0.25, -0.2) is 4.39 Å². The lowest BCUT2D eigenvalue weighted by Crippen LogP contribution is -2.44. The van der Waals surface area contributed by atoms with Gasteiger partial charge < -0.3 is 5.32 Å². The topological polar surface area (TPSA) is 68.0 Å². The van der Waals surface area contributed by atoms with Crippen molar-refractivity contribution < 1.29 is 9.18 Å². The Morgan fingerprint density at radius 3 is 2.52 bits per heavy atom. The minimum atomic E-state index is -0.247. The van der Waals surface area contributed by atoms with Crippen molar-refractivity contribution in [1.29, 1.82) is 0 Å². The van der Waals surface area contributed by atoms with Gasteiger partial charge in [0.1, 0.15) is 11.5 Å². The lowest BCUT2D eigenvalue weighted by Gasteiger charge is -2.32. The molecule has 0 unspecified atom stereocenters. The van der Waals surface area contributed by atoms with Gasteiger partial charge in [-0.2, -0.15) is 10.2 Å². The molecule has 29 heavy (non-hydrogen) atoms. The summed E-state index contributed by atoms with van der Waals surface area (Å²) in [4.78, 5) is 14.6. The zero-order valence-electron chi connectivity index (χ0n) is 16.7. The van der Waals surface area contributed by atoms with E-state index in [1.807, 2.05) is 11.7 Å². The summed E-state index contributed by atoms with van der Waals surface area (Å²) in [6.07, 6.45) is 3.58. The van der Waals surface area contributed by atoms with Crippen LogP contribution in [0.4, 0.5) is 4.39 Å². The number of aryl methyl sites for hydroxylation is 2. The van der Waals surface area contributed by atoms with E-state index in [-0.39, 0.29) is 17.8 Å². The number of hydrogen-bond acceptors (Lipinski definition) is 4. The first-order chi connectivity index (χ1) is 14.0. The molecule has 1 fully saturated rings. The van der Waals surface area contributed by atoms with Crippen LogP contribution in [0.25, 0.3) is 11.3 Å². The highest BCUT2D eigenvalue weighted by Crippen LogP contribution is 2.21. The number of rotatable bonds is 5. The van der Waals surface area contributed by atoms with Gasteiger partial charge >= 0.3 is 0 Å². The van der Waals surface area contributed by atoms with Gasteiger partial charge in [0.25, 0.3) is 5.91 Å². The number of aromatic nitrogens is 4. The number of likely N-dealkylation sites (tertiary alicyclic amines) is 1. The van der Waals surface area contributed by atoms with Gasteiger partial charge in [-0.1, -0.05) is 0 Å². The standard InChI is InChI=1S/C21H25FN6O/c1-26-10-9-19(24-26)21(29)23-17-7-11-28(12-8-17)14-18-13-20(25-27(18)2)15-3-5-16(22)6-4-15/h3-6,9-10,13,17H,7-8,11-12,14H2,1-2H3,(H,23,29). The average molecular weight is 396 g/mol. The van der Waals surface area contributed by atoms with E-state index < -0.39 is 0 Å². The van der Waals surface area contributed by atoms with Crippen LogP contribution in [-0.4, -0.2) is 49.5 Å². The number of halogens is 1. The van der Waals surface area contributed by atoms with Gasteiger partial charge in [-0.3, -0.25) is 19.1 Å². The predicted molar refractivity (Wildman–Crippen MR) is 108 cm³/mol. The minimum Gasteiger partial charge on any atom is -0.348 e. The van der Waals surface area contributed by atoms with Gasteiger partial charge in [-0.15, -0.1) is 0 Å². The average Bonchev–Trinajstić information content (AvgIpc) is 3.30. The highest BCUT2D eigenvalue weighted by Gasteiger charge is 2.23. The molecule has 0 bridgehead atoms. The molecule has 152 valence electrons. The fourth-order valence-electron chi connectivity index (χ4n) is 3.68. The Kier molecular flexibility index (Phi) is 5.44. The van der Waals surface area contributed by atoms with Crippen LogP contribution in [0.15, 0.2) is 42.6 Å². The van der Waals surface area contributed by atoms with Crippen LogP contribution in [0.5, 0.6) is 0 Å². The van der Waals surface area contributed by atoms with E-state index in [1.54, 1.807) is 36.1 Å². The van der Waals surface area contributed by atoms with Crippen molar-refractivity contribution in [3.63, 3.8) is 0 Å². The van der Waals surface area contributed by atoms with Gasteiger partial charge in [0.15, 0.2) is 0 Å². The van der Waals surface area contributed by atoms with E-state index in [1.165, 1.54) is 12.1 Å². The fraction of sp³-hybridized carbons (Fsp3) is 0.381. The Labute approximate surface area is 169 Å². The number of piperidine rings is 1. The van der Waals surface area contributed by atoms with Crippen LogP contribution in [-0.2, 0) is 20.6 Å². The molecule has 1 saturated heterocycles. The maximum Gasteiger partial charge on any atom is 0.271 e. The van der Waals surface area contributed by atoms with Crippen molar-refractivity contribution in [2.24, 2.45) is 14.1 Å². The normalized spacial score (nSPS) is 15.6. The number of hydrogen-bond donors (Lipinski definition) is 1. The second-order valence-electron chi connectivity index (χ2n) is 7.55. The summed E-state index contributed by atoms with van der Waals surface area (Å²) in [5.74, 6) is -0.359. The summed E-state index contributed by atoms with van der Waals surface area (Å²) in [6, 6.07) is 10.4. The third-order valence-electron chi connectivity index (χ3n) is 5.37. The fourth-order valence-corrected chi connectivity index (χ4v) is 3.68. The minimum absolute atomic E-state index is 0.111. The molecule has 0 saturated carbocycles. The monoisotopic (exact) mass is 396 g/mol. The predicted octanol–water partition coefficient (Wildman–Crippen LogP) is 2.35. The molecule has 3 heterocycles. The summed E-state index contributed by atoms with van der Waals surface area (Å²) in [6.45, 7) is 2.61. The Hall–Kier alpha value is -3.00. The van der Waals surface area contributed by atoms with Crippen LogP contribution in [0.3, 0.4) is 0 Å². The molecular weight excluding hydrogens is 371 g/mol. The number of nitrogens with zero attached hydrogens (tertiary/aromatic N) is 5. The second-order valence-corrected chi connectivity index (χ2v) is 7.55. The van der Waals surface area contributed by atoms with E-state index in [4.69, 9.17) is 0 Å². The SMILES string of the molecule is Cn1ccc(C(=O)NC2CCN(Cc3cc(-c4ccc(F)cc4)nn3C)CC2)n1. The van der Waals surface area contributed by atoms with Gasteiger partial charge in [-0.05, 0) is 49.2 Å². The Morgan fingerprint density at radius 2 is 1.86 bits per heavy atom. The quantitative estimate of drug-likeness (QED) is 0.719. The number of carbonyl (C=O) groups excluding carboxylic acids is 1. The number of carbonyl (C=O) groups is 1. The summed E-state index contributed by atoms with van der Waals surface area (Å²) in [5, 5.41) is 11.8. The van der Waals surface area contributed by atoms with E-state index in [0.717, 1.165) is 49.4 Å². The Morgan fingerprint density at radius 1 is 1.14 bits per heavy atom. The summed E-state index contributed by atoms with van der Waals surface area (Å²) in [5.41, 5.74) is 3.32. The molecule has 1 N–H and O–H groups in total. The van der Waals surface area contributed by atoms with Crippen LogP contribution in [0.1, 0.15) is 29.0 Å². The molecule has 2 aromatic heterocycles. The van der Waals surface area contributed by atoms with Crippen LogP contribution in [0.2, 0.25) is 0 Å². The maximum absolute atomic E-state index is 13.1. The molecule has 0 radical (unpaired) electrons. The third kappa shape index (κ3) is 4.54. The molecule has 0 atom stereocenters. The number of nitrogens with one attached hydrogen (secondary N) is 1. The van der Waals surface area contributed by atoms with Crippen LogP contribution < -0.4 is 5.32 Å². The molecule has 0 aliphatic carbocycles. The van der Waals surface area contributed by atoms with E-state index in [9.17, 15) is 9.18 Å². The van der Waals surface area contributed by atoms with Crippen molar-refractivity contribution in [3.8, 4) is 11.3 Å². The molecule has 4 rings (SSSR count). The largest absolute Gasteiger partial charge is 0.348 e. The first-order valence-electron chi connectivity index (χ1n) is 9.79. The summed E-state index contributed by atoms with van der Waals surface area (Å²) in [7, 11) is 3.73. The van der Waals surface area contributed by atoms with Crippen LogP contribution in [0, 0.1) is 5.82 Å². The van der Waals surface area contributed by atoms with Crippen molar-refractivity contribution in [1.82, 2.24) is 29.8 Å². The first-order valence-corrected chi connectivity index (χ1v) is 9.79. The van der Waals surface area contributed by atoms with Crippen LogP contribution >= 0.6 is 0 Å². The lowest BCUT2D eigenvalue weighted by molar-refractivity contribution is 0.0902. The van der Waals surface area contributed by atoms with E-state index in [2.05, 4.69) is 26.5 Å². The Balaban J connectivity index is 1.32. The first kappa shape index (κ1) is 19.3. The van der Waals surface area contributed by atoms with Crippen molar-refractivity contribution >= 4 is 5.91 Å². The molecular formula is C21H25FN6O. The summed E-state index contributed by atoms with van der Waals surface area (Å²) >= 11 is 0. The molecule has 1 aromatic carbocycles. The zero-order chi connectivity index (χ0) is 20.4. The zero-order valence-corrected chi connectivity index (χ0v) is 16.7. The molecule has 1 aliphatic rings.